The van der Waals surface area contributed by atoms with Gasteiger partial charge in [-0.25, -0.2) is 0 Å². The van der Waals surface area contributed by atoms with Crippen molar-refractivity contribution in [1.29, 1.82) is 0 Å². The summed E-state index contributed by atoms with van der Waals surface area (Å²) >= 11 is 0. The molecule has 14 heteroatoms. The number of carbonyl (C=O) groups excluding carboxylic acids is 2. The number of carbonyl (C=O) groups is 2. The van der Waals surface area contributed by atoms with Crippen LogP contribution in [0.15, 0.2) is 93.4 Å². The number of allylic oxidation sites excluding steroid dienone is 7. The van der Waals surface area contributed by atoms with Crippen molar-refractivity contribution in [2.24, 2.45) is 5.41 Å². The second-order valence-corrected chi connectivity index (χ2v) is 18.3. The van der Waals surface area contributed by atoms with Gasteiger partial charge in [-0.15, -0.1) is 0 Å². The van der Waals surface area contributed by atoms with Gasteiger partial charge in [-0.05, 0) is 112 Å². The molecule has 12 nitrogen and oxygen atoms in total. The summed E-state index contributed by atoms with van der Waals surface area (Å²) < 4.78 is 78.9. The van der Waals surface area contributed by atoms with E-state index in [9.17, 15) is 35.5 Å². The van der Waals surface area contributed by atoms with Crippen molar-refractivity contribution >= 4 is 43.5 Å². The zero-order valence-electron chi connectivity index (χ0n) is 33.0. The standard InChI is InChI=1S/C41H52N2O10S2/c1-10-42-33-17-15-29(54(46,47)48)23-31(33)38(5,6)35(42)19-14-27-22-28(26-41(25-27,36(44)52-12-3)37(45)53-13-4)20-21-40(9)39(7,8)32-24-30(55(49,50)51)16-18-34(32)43(40)11-2/h14-24H,10-13,25-26H2,1-9H3,(H,46,47,48)(H,49,50,51)/b21-20+,27-14-,35-19+. The van der Waals surface area contributed by atoms with Gasteiger partial charge in [0.2, 0.25) is 0 Å². The van der Waals surface area contributed by atoms with E-state index in [-0.39, 0.29) is 35.8 Å². The zero-order valence-corrected chi connectivity index (χ0v) is 34.6. The fourth-order valence-electron chi connectivity index (χ4n) is 8.40. The van der Waals surface area contributed by atoms with E-state index in [2.05, 4.69) is 9.80 Å². The van der Waals surface area contributed by atoms with Crippen molar-refractivity contribution in [2.75, 3.05) is 36.1 Å². The largest absolute Gasteiger partial charge is 0.465 e. The van der Waals surface area contributed by atoms with Gasteiger partial charge >= 0.3 is 11.9 Å². The predicted molar refractivity (Wildman–Crippen MR) is 211 cm³/mol. The quantitative estimate of drug-likeness (QED) is 0.135. The van der Waals surface area contributed by atoms with E-state index in [0.717, 1.165) is 28.2 Å². The Balaban J connectivity index is 1.66. The molecule has 298 valence electrons. The molecule has 0 radical (unpaired) electrons. The molecule has 0 amide bonds. The summed E-state index contributed by atoms with van der Waals surface area (Å²) in [5, 5.41) is 0. The Morgan fingerprint density at radius 1 is 0.764 bits per heavy atom. The minimum atomic E-state index is -4.44. The van der Waals surface area contributed by atoms with Crippen LogP contribution < -0.4 is 9.80 Å². The average Bonchev–Trinajstić information content (AvgIpc) is 3.43. The van der Waals surface area contributed by atoms with Crippen LogP contribution in [-0.2, 0) is 50.1 Å². The number of hydrogen-bond donors (Lipinski definition) is 2. The van der Waals surface area contributed by atoms with E-state index in [1.54, 1.807) is 26.0 Å². The van der Waals surface area contributed by atoms with Crippen LogP contribution >= 0.6 is 0 Å². The summed E-state index contributed by atoms with van der Waals surface area (Å²) in [5.41, 5.74) is 1.53. The maximum atomic E-state index is 13.9. The van der Waals surface area contributed by atoms with Crippen LogP contribution in [0.4, 0.5) is 11.4 Å². The number of likely N-dealkylation sites (N-methyl/N-ethyl adjacent to an activating group) is 2. The Labute approximate surface area is 325 Å². The lowest BCUT2D eigenvalue weighted by molar-refractivity contribution is -0.172. The lowest BCUT2D eigenvalue weighted by atomic mass is 9.69. The number of fused-ring (bicyclic) bond motifs is 2. The summed E-state index contributed by atoms with van der Waals surface area (Å²) in [5.74, 6) is -1.39. The van der Waals surface area contributed by atoms with Gasteiger partial charge in [-0.2, -0.15) is 16.8 Å². The maximum absolute atomic E-state index is 13.9. The molecule has 0 saturated carbocycles. The van der Waals surface area contributed by atoms with Gasteiger partial charge in [0.25, 0.3) is 20.2 Å². The predicted octanol–water partition coefficient (Wildman–Crippen LogP) is 7.07. The van der Waals surface area contributed by atoms with Gasteiger partial charge in [0.1, 0.15) is 0 Å². The first kappa shape index (κ1) is 41.9. The molecule has 0 saturated heterocycles. The number of anilines is 2. The van der Waals surface area contributed by atoms with Crippen LogP contribution in [-0.4, -0.2) is 69.7 Å². The molecule has 2 N–H and O–H groups in total. The second-order valence-electron chi connectivity index (χ2n) is 15.4. The highest BCUT2D eigenvalue weighted by Crippen LogP contribution is 2.53. The fraction of sp³-hybridized carbons (Fsp3) is 0.463. The Morgan fingerprint density at radius 3 is 1.82 bits per heavy atom. The molecule has 0 bridgehead atoms. The van der Waals surface area contributed by atoms with Gasteiger partial charge in [-0.3, -0.25) is 18.7 Å². The Hall–Kier alpha value is -4.24. The number of rotatable bonds is 11. The van der Waals surface area contributed by atoms with E-state index in [1.165, 1.54) is 24.3 Å². The zero-order chi connectivity index (χ0) is 40.9. The molecular weight excluding hydrogens is 745 g/mol. The van der Waals surface area contributed by atoms with Crippen LogP contribution in [0.1, 0.15) is 86.3 Å². The summed E-state index contributed by atoms with van der Waals surface area (Å²) in [6.45, 7) is 18.6. The smallest absolute Gasteiger partial charge is 0.324 e. The van der Waals surface area contributed by atoms with Crippen LogP contribution in [0.5, 0.6) is 0 Å². The highest BCUT2D eigenvalue weighted by Gasteiger charge is 2.54. The van der Waals surface area contributed by atoms with Crippen molar-refractivity contribution in [1.82, 2.24) is 0 Å². The number of benzene rings is 2. The minimum absolute atomic E-state index is 0.00584. The van der Waals surface area contributed by atoms with Crippen molar-refractivity contribution in [3.05, 3.63) is 94.7 Å². The third-order valence-corrected chi connectivity index (χ3v) is 13.3. The van der Waals surface area contributed by atoms with E-state index in [4.69, 9.17) is 9.47 Å². The molecule has 55 heavy (non-hydrogen) atoms. The number of nitrogens with zero attached hydrogens (tertiary/aromatic N) is 2. The molecule has 1 unspecified atom stereocenters. The van der Waals surface area contributed by atoms with Crippen LogP contribution in [0, 0.1) is 5.41 Å². The molecule has 1 atom stereocenters. The van der Waals surface area contributed by atoms with Gasteiger partial charge in [0.15, 0.2) is 5.41 Å². The third-order valence-electron chi connectivity index (χ3n) is 11.6. The van der Waals surface area contributed by atoms with Crippen LogP contribution in [0.3, 0.4) is 0 Å². The van der Waals surface area contributed by atoms with Gasteiger partial charge in [0, 0.05) is 41.0 Å². The molecule has 0 fully saturated rings. The fourth-order valence-corrected chi connectivity index (χ4v) is 9.42. The summed E-state index contributed by atoms with van der Waals surface area (Å²) in [6, 6.07) is 9.15. The third kappa shape index (κ3) is 7.18. The first-order valence-electron chi connectivity index (χ1n) is 18.5. The van der Waals surface area contributed by atoms with E-state index < -0.39 is 54.0 Å². The van der Waals surface area contributed by atoms with Crippen molar-refractivity contribution < 1.29 is 45.0 Å². The number of ether oxygens (including phenoxy) is 2. The van der Waals surface area contributed by atoms with Gasteiger partial charge in [-0.1, -0.05) is 52.0 Å². The molecule has 0 spiro atoms. The first-order valence-corrected chi connectivity index (χ1v) is 21.4. The molecule has 3 aliphatic rings. The molecule has 1 aliphatic carbocycles. The molecule has 2 aromatic rings. The Kier molecular flexibility index (Phi) is 11.2. The Bertz CT molecular complexity index is 2230. The average molecular weight is 797 g/mol. The van der Waals surface area contributed by atoms with E-state index in [0.29, 0.717) is 24.2 Å². The molecule has 2 aliphatic heterocycles. The van der Waals surface area contributed by atoms with Crippen molar-refractivity contribution in [3.63, 3.8) is 0 Å². The maximum Gasteiger partial charge on any atom is 0.324 e. The Morgan fingerprint density at radius 2 is 1.31 bits per heavy atom. The summed E-state index contributed by atoms with van der Waals surface area (Å²) in [4.78, 5) is 31.6. The summed E-state index contributed by atoms with van der Waals surface area (Å²) in [6.07, 6.45) is 9.65. The van der Waals surface area contributed by atoms with E-state index in [1.807, 2.05) is 78.8 Å². The molecule has 0 aromatic heterocycles. The second kappa shape index (κ2) is 14.7. The van der Waals surface area contributed by atoms with Crippen molar-refractivity contribution in [3.8, 4) is 0 Å². The lowest BCUT2D eigenvalue weighted by Gasteiger charge is -2.43. The molecular formula is C41H52N2O10S2. The first-order chi connectivity index (χ1) is 25.5. The lowest BCUT2D eigenvalue weighted by Crippen LogP contribution is -2.52. The van der Waals surface area contributed by atoms with Gasteiger partial charge in [0.05, 0.1) is 28.5 Å². The highest BCUT2D eigenvalue weighted by atomic mass is 32.2. The van der Waals surface area contributed by atoms with Crippen LogP contribution in [0.25, 0.3) is 0 Å². The minimum Gasteiger partial charge on any atom is -0.465 e. The monoisotopic (exact) mass is 796 g/mol. The number of hydrogen-bond acceptors (Lipinski definition) is 10. The topological polar surface area (TPSA) is 168 Å². The normalized spacial score (nSPS) is 22.9. The molecule has 2 aromatic carbocycles. The van der Waals surface area contributed by atoms with Crippen LogP contribution in [0.2, 0.25) is 0 Å². The molecule has 2 heterocycles. The van der Waals surface area contributed by atoms with E-state index >= 15 is 0 Å². The summed E-state index contributed by atoms with van der Waals surface area (Å²) in [7, 11) is -8.87. The van der Waals surface area contributed by atoms with Gasteiger partial charge < -0.3 is 19.3 Å². The molecule has 5 rings (SSSR count). The highest BCUT2D eigenvalue weighted by molar-refractivity contribution is 7.86. The SMILES string of the molecule is CCOC(=O)C1(C(=O)OCC)CC(/C=C/C2(C)N(CC)c3ccc(S(=O)(=O)O)cc3C2(C)C)=CC(=C/C=C2/N(CC)c3ccc(S(=O)(=O)O)cc3C2(C)C)/C1. The van der Waals surface area contributed by atoms with Crippen molar-refractivity contribution in [2.45, 2.75) is 101 Å². The number of esters is 2.